The molecule has 0 bridgehead atoms. The predicted molar refractivity (Wildman–Crippen MR) is 109 cm³/mol. The normalized spacial score (nSPS) is 11.1. The fraction of sp³-hybridized carbons (Fsp3) is 0.176. The highest BCUT2D eigenvalue weighted by Gasteiger charge is 2.21. The van der Waals surface area contributed by atoms with Crippen molar-refractivity contribution in [2.45, 2.75) is 11.3 Å². The van der Waals surface area contributed by atoms with Crippen LogP contribution in [-0.2, 0) is 24.2 Å². The maximum Gasteiger partial charge on any atom is 0.307 e. The molecule has 0 radical (unpaired) electrons. The number of anilines is 1. The summed E-state index contributed by atoms with van der Waals surface area (Å²) in [5.74, 6) is -2.07. The van der Waals surface area contributed by atoms with Gasteiger partial charge in [-0.05, 0) is 30.3 Å². The van der Waals surface area contributed by atoms with E-state index in [2.05, 4.69) is 5.32 Å². The molecule has 2 aromatic carbocycles. The first-order valence-corrected chi connectivity index (χ1v) is 10.8. The Kier molecular flexibility index (Phi) is 7.97. The van der Waals surface area contributed by atoms with Crippen LogP contribution >= 0.6 is 46.4 Å². The molecule has 28 heavy (non-hydrogen) atoms. The second-order valence-electron chi connectivity index (χ2n) is 5.45. The predicted octanol–water partition coefficient (Wildman–Crippen LogP) is 4.65. The summed E-state index contributed by atoms with van der Waals surface area (Å²) >= 11 is 23.4. The molecule has 0 aliphatic heterocycles. The van der Waals surface area contributed by atoms with Gasteiger partial charge in [0.05, 0.1) is 37.8 Å². The van der Waals surface area contributed by atoms with Crippen LogP contribution in [0.25, 0.3) is 0 Å². The van der Waals surface area contributed by atoms with Gasteiger partial charge in [-0.2, -0.15) is 0 Å². The summed E-state index contributed by atoms with van der Waals surface area (Å²) in [6.07, 6.45) is -0.462. The van der Waals surface area contributed by atoms with Crippen LogP contribution in [0.1, 0.15) is 6.42 Å². The average molecular weight is 485 g/mol. The van der Waals surface area contributed by atoms with E-state index in [1.54, 1.807) is 12.1 Å². The molecule has 1 amide bonds. The first-order valence-electron chi connectivity index (χ1n) is 7.67. The van der Waals surface area contributed by atoms with Gasteiger partial charge in [-0.15, -0.1) is 0 Å². The van der Waals surface area contributed by atoms with Gasteiger partial charge in [0.25, 0.3) is 5.91 Å². The molecule has 0 atom stereocenters. The molecule has 0 unspecified atom stereocenters. The third kappa shape index (κ3) is 6.25. The minimum absolute atomic E-state index is 0.00412. The quantitative estimate of drug-likeness (QED) is 0.578. The second kappa shape index (κ2) is 9.80. The monoisotopic (exact) mass is 483 g/mol. The minimum Gasteiger partial charge on any atom is -0.456 e. The zero-order valence-electron chi connectivity index (χ0n) is 14.0. The molecule has 2 rings (SSSR count). The number of hydrogen-bond acceptors (Lipinski definition) is 5. The van der Waals surface area contributed by atoms with Crippen molar-refractivity contribution in [3.8, 4) is 0 Å². The smallest absolute Gasteiger partial charge is 0.307 e. The summed E-state index contributed by atoms with van der Waals surface area (Å²) in [6.45, 7) is -0.611. The lowest BCUT2D eigenvalue weighted by Gasteiger charge is -2.09. The van der Waals surface area contributed by atoms with Crippen LogP contribution in [0.4, 0.5) is 5.69 Å². The van der Waals surface area contributed by atoms with Gasteiger partial charge in [0.2, 0.25) is 0 Å². The third-order valence-corrected chi connectivity index (χ3v) is 6.64. The van der Waals surface area contributed by atoms with Crippen LogP contribution in [0.15, 0.2) is 41.3 Å². The number of esters is 1. The van der Waals surface area contributed by atoms with Gasteiger partial charge in [0.15, 0.2) is 16.4 Å². The average Bonchev–Trinajstić information content (AvgIpc) is 2.64. The first-order chi connectivity index (χ1) is 13.1. The van der Waals surface area contributed by atoms with Crippen LogP contribution in [0.5, 0.6) is 0 Å². The Morgan fingerprint density at radius 2 is 1.71 bits per heavy atom. The number of amides is 1. The molecule has 2 aromatic rings. The number of benzene rings is 2. The van der Waals surface area contributed by atoms with Gasteiger partial charge in [-0.3, -0.25) is 9.59 Å². The van der Waals surface area contributed by atoms with Crippen molar-refractivity contribution in [2.24, 2.45) is 0 Å². The summed E-state index contributed by atoms with van der Waals surface area (Å²) in [4.78, 5) is 23.4. The number of rotatable bonds is 7. The van der Waals surface area contributed by atoms with Crippen LogP contribution < -0.4 is 5.32 Å². The fourth-order valence-corrected chi connectivity index (χ4v) is 4.43. The van der Waals surface area contributed by atoms with Gasteiger partial charge >= 0.3 is 5.97 Å². The molecule has 150 valence electrons. The van der Waals surface area contributed by atoms with E-state index in [0.717, 1.165) is 0 Å². The molecular formula is C17H13Cl4NO5S. The van der Waals surface area contributed by atoms with Crippen molar-refractivity contribution in [1.82, 2.24) is 0 Å². The lowest BCUT2D eigenvalue weighted by atomic mass is 10.3. The molecule has 0 heterocycles. The standard InChI is InChI=1S/C17H13Cl4NO5S/c18-10-4-5-11(19)14(8-10)28(25,26)7-6-16(24)27-9-15(23)22-13-3-1-2-12(20)17(13)21/h1-5,8H,6-7,9H2,(H,22,23). The van der Waals surface area contributed by atoms with Crippen molar-refractivity contribution in [2.75, 3.05) is 17.7 Å². The van der Waals surface area contributed by atoms with Gasteiger partial charge in [-0.25, -0.2) is 8.42 Å². The van der Waals surface area contributed by atoms with Crippen molar-refractivity contribution >= 4 is 73.8 Å². The Hall–Kier alpha value is -1.51. The van der Waals surface area contributed by atoms with E-state index in [4.69, 9.17) is 51.1 Å². The number of ether oxygens (including phenoxy) is 1. The highest BCUT2D eigenvalue weighted by atomic mass is 35.5. The Bertz CT molecular complexity index is 1010. The summed E-state index contributed by atoms with van der Waals surface area (Å²) < 4.78 is 29.4. The number of carbonyl (C=O) groups is 2. The van der Waals surface area contributed by atoms with Crippen LogP contribution in [0.3, 0.4) is 0 Å². The molecular weight excluding hydrogens is 472 g/mol. The van der Waals surface area contributed by atoms with Gasteiger partial charge in [0, 0.05) is 5.02 Å². The first kappa shape index (κ1) is 22.8. The molecule has 0 spiro atoms. The van der Waals surface area contributed by atoms with Crippen molar-refractivity contribution < 1.29 is 22.7 Å². The van der Waals surface area contributed by atoms with Gasteiger partial charge < -0.3 is 10.1 Å². The Morgan fingerprint density at radius 3 is 2.43 bits per heavy atom. The Labute approximate surface area is 181 Å². The zero-order chi connectivity index (χ0) is 20.9. The lowest BCUT2D eigenvalue weighted by molar-refractivity contribution is -0.146. The number of halogens is 4. The Morgan fingerprint density at radius 1 is 1.00 bits per heavy atom. The van der Waals surface area contributed by atoms with E-state index in [-0.39, 0.29) is 30.7 Å². The SMILES string of the molecule is O=C(COC(=O)CCS(=O)(=O)c1cc(Cl)ccc1Cl)Nc1cccc(Cl)c1Cl. The number of carbonyl (C=O) groups excluding carboxylic acids is 2. The lowest BCUT2D eigenvalue weighted by Crippen LogP contribution is -2.22. The highest BCUT2D eigenvalue weighted by Crippen LogP contribution is 2.29. The maximum atomic E-state index is 12.3. The van der Waals surface area contributed by atoms with Gasteiger partial charge in [0.1, 0.15) is 0 Å². The van der Waals surface area contributed by atoms with E-state index in [1.807, 2.05) is 0 Å². The zero-order valence-corrected chi connectivity index (χ0v) is 17.9. The molecule has 0 aliphatic carbocycles. The number of hydrogen-bond donors (Lipinski definition) is 1. The summed E-state index contributed by atoms with van der Waals surface area (Å²) in [6, 6.07) is 8.65. The molecule has 0 saturated carbocycles. The topological polar surface area (TPSA) is 89.5 Å². The Balaban J connectivity index is 1.88. The van der Waals surface area contributed by atoms with Crippen molar-refractivity contribution in [1.29, 1.82) is 0 Å². The van der Waals surface area contributed by atoms with E-state index in [1.165, 1.54) is 24.3 Å². The summed E-state index contributed by atoms with van der Waals surface area (Å²) in [5, 5.41) is 3.03. The summed E-state index contributed by atoms with van der Waals surface area (Å²) in [5.41, 5.74) is 0.258. The maximum absolute atomic E-state index is 12.3. The number of nitrogens with one attached hydrogen (secondary N) is 1. The molecule has 6 nitrogen and oxygen atoms in total. The largest absolute Gasteiger partial charge is 0.456 e. The molecule has 0 fully saturated rings. The molecule has 0 aliphatic rings. The molecule has 0 saturated heterocycles. The van der Waals surface area contributed by atoms with Crippen molar-refractivity contribution in [3.63, 3.8) is 0 Å². The van der Waals surface area contributed by atoms with E-state index in [0.29, 0.717) is 0 Å². The van der Waals surface area contributed by atoms with Crippen LogP contribution in [0.2, 0.25) is 20.1 Å². The van der Waals surface area contributed by atoms with E-state index < -0.39 is 40.5 Å². The minimum atomic E-state index is -3.86. The van der Waals surface area contributed by atoms with E-state index in [9.17, 15) is 18.0 Å². The summed E-state index contributed by atoms with van der Waals surface area (Å²) in [7, 11) is -3.86. The van der Waals surface area contributed by atoms with Crippen molar-refractivity contribution in [3.05, 3.63) is 56.5 Å². The number of sulfone groups is 1. The van der Waals surface area contributed by atoms with Crippen LogP contribution in [0, 0.1) is 0 Å². The molecule has 11 heteroatoms. The second-order valence-corrected chi connectivity index (χ2v) is 9.16. The van der Waals surface area contributed by atoms with Gasteiger partial charge in [-0.1, -0.05) is 52.5 Å². The molecule has 1 N–H and O–H groups in total. The van der Waals surface area contributed by atoms with Crippen LogP contribution in [-0.4, -0.2) is 32.7 Å². The molecule has 0 aromatic heterocycles. The highest BCUT2D eigenvalue weighted by molar-refractivity contribution is 7.91. The van der Waals surface area contributed by atoms with E-state index >= 15 is 0 Å². The fourth-order valence-electron chi connectivity index (χ4n) is 2.05. The third-order valence-electron chi connectivity index (χ3n) is 3.39.